The van der Waals surface area contributed by atoms with Crippen LogP contribution < -0.4 is 10.4 Å². The number of rotatable bonds is 9. The minimum Gasteiger partial charge on any atom is -0.457 e. The fraction of sp³-hybridized carbons (Fsp3) is 0.280. The highest BCUT2D eigenvalue weighted by atomic mass is 16.7. The molecule has 5 heteroatoms. The van der Waals surface area contributed by atoms with Gasteiger partial charge in [-0.3, -0.25) is 0 Å². The van der Waals surface area contributed by atoms with Crippen LogP contribution in [0.3, 0.4) is 0 Å². The highest BCUT2D eigenvalue weighted by Gasteiger charge is 2.12. The maximum atomic E-state index is 12.6. The molecule has 0 saturated carbocycles. The Morgan fingerprint density at radius 2 is 1.93 bits per heavy atom. The van der Waals surface area contributed by atoms with Crippen LogP contribution in [-0.4, -0.2) is 12.8 Å². The molecule has 0 N–H and O–H groups in total. The van der Waals surface area contributed by atoms with E-state index in [0.717, 1.165) is 29.0 Å². The molecule has 2 aromatic carbocycles. The van der Waals surface area contributed by atoms with E-state index >= 15 is 0 Å². The number of carbonyl (C=O) groups excluding carboxylic acids is 1. The van der Waals surface area contributed by atoms with Crippen molar-refractivity contribution in [3.8, 4) is 16.9 Å². The molecule has 1 heterocycles. The molecular formula is C25H26O5. The van der Waals surface area contributed by atoms with Gasteiger partial charge < -0.3 is 13.9 Å². The monoisotopic (exact) mass is 406 g/mol. The Balaban J connectivity index is 1.83. The smallest absolute Gasteiger partial charge is 0.344 e. The first-order valence-electron chi connectivity index (χ1n) is 10.1. The molecule has 0 aliphatic heterocycles. The van der Waals surface area contributed by atoms with Gasteiger partial charge in [0.05, 0.1) is 5.56 Å². The number of ether oxygens (including phenoxy) is 2. The molecule has 0 atom stereocenters. The number of unbranched alkanes of at least 4 members (excludes halogenated alkanes) is 2. The summed E-state index contributed by atoms with van der Waals surface area (Å²) in [4.78, 5) is 23.7. The van der Waals surface area contributed by atoms with Crippen molar-refractivity contribution in [1.82, 2.24) is 0 Å². The fourth-order valence-electron chi connectivity index (χ4n) is 3.35. The van der Waals surface area contributed by atoms with Crippen molar-refractivity contribution in [2.24, 2.45) is 0 Å². The van der Waals surface area contributed by atoms with E-state index in [0.29, 0.717) is 16.9 Å². The van der Waals surface area contributed by atoms with E-state index in [1.807, 2.05) is 19.1 Å². The molecule has 0 radical (unpaired) electrons. The first-order valence-corrected chi connectivity index (χ1v) is 10.1. The van der Waals surface area contributed by atoms with Crippen LogP contribution in [0.4, 0.5) is 0 Å². The first-order chi connectivity index (χ1) is 14.5. The van der Waals surface area contributed by atoms with Gasteiger partial charge in [-0.1, -0.05) is 44.5 Å². The van der Waals surface area contributed by atoms with Crippen LogP contribution in [0.5, 0.6) is 5.75 Å². The number of esters is 1. The lowest BCUT2D eigenvalue weighted by Crippen LogP contribution is -2.08. The number of hydrogen-bond donors (Lipinski definition) is 0. The van der Waals surface area contributed by atoms with Gasteiger partial charge >= 0.3 is 11.6 Å². The Labute approximate surface area is 175 Å². The Morgan fingerprint density at radius 1 is 1.10 bits per heavy atom. The van der Waals surface area contributed by atoms with E-state index in [9.17, 15) is 9.59 Å². The molecule has 30 heavy (non-hydrogen) atoms. The van der Waals surface area contributed by atoms with Gasteiger partial charge in [0, 0.05) is 17.5 Å². The minimum atomic E-state index is -0.571. The SMILES string of the molecule is C=CC(=O)OCOc1ccc2cc(-c3ccc(CCCCC)cc3C)c(=O)oc2c1. The van der Waals surface area contributed by atoms with Gasteiger partial charge in [-0.2, -0.15) is 0 Å². The van der Waals surface area contributed by atoms with E-state index in [-0.39, 0.29) is 6.79 Å². The van der Waals surface area contributed by atoms with Crippen LogP contribution in [0.15, 0.2) is 64.3 Å². The molecule has 0 bridgehead atoms. The lowest BCUT2D eigenvalue weighted by Gasteiger charge is -2.10. The van der Waals surface area contributed by atoms with Crippen molar-refractivity contribution in [1.29, 1.82) is 0 Å². The second kappa shape index (κ2) is 9.92. The lowest BCUT2D eigenvalue weighted by atomic mass is 9.97. The summed E-state index contributed by atoms with van der Waals surface area (Å²) in [6, 6.07) is 13.2. The second-order valence-electron chi connectivity index (χ2n) is 7.18. The summed E-state index contributed by atoms with van der Waals surface area (Å²) in [6.07, 6.45) is 5.69. The zero-order chi connectivity index (χ0) is 21.5. The average Bonchev–Trinajstić information content (AvgIpc) is 2.73. The molecule has 3 rings (SSSR count). The summed E-state index contributed by atoms with van der Waals surface area (Å²) in [5.41, 5.74) is 3.76. The molecule has 0 aliphatic rings. The normalized spacial score (nSPS) is 10.7. The van der Waals surface area contributed by atoms with Crippen molar-refractivity contribution < 1.29 is 18.7 Å². The van der Waals surface area contributed by atoms with Gasteiger partial charge in [0.1, 0.15) is 11.3 Å². The van der Waals surface area contributed by atoms with Gasteiger partial charge in [0.2, 0.25) is 6.79 Å². The van der Waals surface area contributed by atoms with E-state index in [4.69, 9.17) is 13.9 Å². The lowest BCUT2D eigenvalue weighted by molar-refractivity contribution is -0.144. The highest BCUT2D eigenvalue weighted by Crippen LogP contribution is 2.27. The van der Waals surface area contributed by atoms with Crippen molar-refractivity contribution >= 4 is 16.9 Å². The summed E-state index contributed by atoms with van der Waals surface area (Å²) in [7, 11) is 0. The third-order valence-corrected chi connectivity index (χ3v) is 4.95. The summed E-state index contributed by atoms with van der Waals surface area (Å²) >= 11 is 0. The van der Waals surface area contributed by atoms with Crippen molar-refractivity contribution in [2.45, 2.75) is 39.5 Å². The predicted molar refractivity (Wildman–Crippen MR) is 118 cm³/mol. The zero-order valence-electron chi connectivity index (χ0n) is 17.4. The maximum absolute atomic E-state index is 12.6. The minimum absolute atomic E-state index is 0.248. The molecule has 0 amide bonds. The predicted octanol–water partition coefficient (Wildman–Crippen LogP) is 5.57. The van der Waals surface area contributed by atoms with Crippen LogP contribution >= 0.6 is 0 Å². The average molecular weight is 406 g/mol. The Morgan fingerprint density at radius 3 is 2.67 bits per heavy atom. The third-order valence-electron chi connectivity index (χ3n) is 4.95. The summed E-state index contributed by atoms with van der Waals surface area (Å²) < 4.78 is 15.7. The van der Waals surface area contributed by atoms with Crippen molar-refractivity contribution in [3.63, 3.8) is 0 Å². The Bertz CT molecular complexity index is 1110. The molecule has 0 unspecified atom stereocenters. The summed E-state index contributed by atoms with van der Waals surface area (Å²) in [6.45, 7) is 7.28. The molecule has 0 saturated heterocycles. The number of benzene rings is 2. The van der Waals surface area contributed by atoms with Gasteiger partial charge in [0.25, 0.3) is 0 Å². The van der Waals surface area contributed by atoms with Gasteiger partial charge in [0.15, 0.2) is 0 Å². The van der Waals surface area contributed by atoms with Crippen molar-refractivity contribution in [3.05, 3.63) is 76.7 Å². The van der Waals surface area contributed by atoms with E-state index in [2.05, 4.69) is 25.6 Å². The number of aryl methyl sites for hydroxylation is 2. The topological polar surface area (TPSA) is 65.7 Å². The van der Waals surface area contributed by atoms with Crippen LogP contribution in [0.25, 0.3) is 22.1 Å². The number of carbonyl (C=O) groups is 1. The van der Waals surface area contributed by atoms with Gasteiger partial charge in [-0.05, 0) is 54.7 Å². The highest BCUT2D eigenvalue weighted by molar-refractivity contribution is 5.83. The Kier molecular flexibility index (Phi) is 7.07. The molecule has 0 spiro atoms. The van der Waals surface area contributed by atoms with Crippen LogP contribution in [0.2, 0.25) is 0 Å². The quantitative estimate of drug-likeness (QED) is 0.153. The molecule has 3 aromatic rings. The second-order valence-corrected chi connectivity index (χ2v) is 7.18. The number of fused-ring (bicyclic) bond motifs is 1. The Hall–Kier alpha value is -3.34. The largest absolute Gasteiger partial charge is 0.457 e. The number of hydrogen-bond acceptors (Lipinski definition) is 5. The molecular weight excluding hydrogens is 380 g/mol. The summed E-state index contributed by atoms with van der Waals surface area (Å²) in [5.74, 6) is -0.137. The van der Waals surface area contributed by atoms with E-state index < -0.39 is 11.6 Å². The zero-order valence-corrected chi connectivity index (χ0v) is 17.4. The first kappa shape index (κ1) is 21.4. The van der Waals surface area contributed by atoms with Crippen LogP contribution in [0.1, 0.15) is 37.3 Å². The summed E-state index contributed by atoms with van der Waals surface area (Å²) in [5, 5.41) is 0.784. The molecule has 0 aliphatic carbocycles. The van der Waals surface area contributed by atoms with E-state index in [1.54, 1.807) is 18.2 Å². The van der Waals surface area contributed by atoms with Gasteiger partial charge in [-0.15, -0.1) is 0 Å². The van der Waals surface area contributed by atoms with Crippen LogP contribution in [-0.2, 0) is 16.0 Å². The van der Waals surface area contributed by atoms with Gasteiger partial charge in [-0.25, -0.2) is 9.59 Å². The van der Waals surface area contributed by atoms with Crippen molar-refractivity contribution in [2.75, 3.05) is 6.79 Å². The standard InChI is InChI=1S/C25H26O5/c1-4-6-7-8-18-9-12-21(17(3)13-18)22-14-19-10-11-20(15-23(19)30-25(22)27)28-16-29-24(26)5-2/h5,9-15H,2,4,6-8,16H2,1,3H3. The third kappa shape index (κ3) is 5.17. The fourth-order valence-corrected chi connectivity index (χ4v) is 3.35. The molecule has 156 valence electrons. The van der Waals surface area contributed by atoms with E-state index in [1.165, 1.54) is 24.8 Å². The maximum Gasteiger partial charge on any atom is 0.344 e. The molecule has 0 fully saturated rings. The molecule has 5 nitrogen and oxygen atoms in total. The molecule has 1 aromatic heterocycles. The van der Waals surface area contributed by atoms with Crippen LogP contribution in [0, 0.1) is 6.92 Å².